The number of ether oxygens (including phenoxy) is 4. The van der Waals surface area contributed by atoms with E-state index in [-0.39, 0.29) is 47.5 Å². The number of methoxy groups -OCH3 is 1. The molecule has 1 aromatic carbocycles. The number of carbonyl (C=O) groups excluding carboxylic acids is 2. The minimum atomic E-state index is -5.12. The van der Waals surface area contributed by atoms with Crippen LogP contribution in [-0.4, -0.2) is 60.9 Å². The summed E-state index contributed by atoms with van der Waals surface area (Å²) in [5, 5.41) is 11.8. The fourth-order valence-corrected chi connectivity index (χ4v) is 9.84. The number of alkyl halides is 3. The quantitative estimate of drug-likeness (QED) is 0.284. The van der Waals surface area contributed by atoms with Crippen LogP contribution in [0.4, 0.5) is 13.2 Å². The van der Waals surface area contributed by atoms with E-state index in [1.165, 1.54) is 24.3 Å². The molecule has 0 aromatic heterocycles. The highest BCUT2D eigenvalue weighted by Gasteiger charge is 2.66. The van der Waals surface area contributed by atoms with Crippen LogP contribution in [0.25, 0.3) is 0 Å². The molecule has 2 saturated heterocycles. The summed E-state index contributed by atoms with van der Waals surface area (Å²) >= 11 is 0. The SMILES string of the molecule is CO[C@](C(=O)O[C@@H](CC(C)CC[C@@H]1[C@@]2(C)CCC[C@@]3(C)CO[C@@H](C[C@@]1(C)O)[C@@H]32)[C@H]1OC(=O)CC1C)(c1ccccc1)C(F)(F)F. The van der Waals surface area contributed by atoms with Gasteiger partial charge in [-0.1, -0.05) is 70.9 Å². The third-order valence-electron chi connectivity index (χ3n) is 11.8. The molecular formula is C35H49F3O7. The molecule has 45 heavy (non-hydrogen) atoms. The first-order chi connectivity index (χ1) is 21.0. The standard InChI is InChI=1S/C35H49F3O7/c1-21(13-14-26-32(4)16-10-15-31(3)20-43-25(29(31)32)19-33(26,5)41)17-24(28-22(2)18-27(39)45-28)44-30(40)34(42-6,35(36,37)38)23-11-8-7-9-12-23/h7-9,11-12,21-22,24-26,28-29,41H,10,13-20H2,1-6H3/t21?,22?,24-,25-,26+,28-,29-,31-,32+,33+,34-/m0/s1. The van der Waals surface area contributed by atoms with Crippen molar-refractivity contribution in [2.75, 3.05) is 13.7 Å². The zero-order valence-corrected chi connectivity index (χ0v) is 27.3. The number of benzene rings is 1. The van der Waals surface area contributed by atoms with Crippen molar-refractivity contribution in [1.82, 2.24) is 0 Å². The molecule has 2 saturated carbocycles. The number of aliphatic hydroxyl groups is 1. The van der Waals surface area contributed by atoms with Crippen molar-refractivity contribution in [3.8, 4) is 0 Å². The van der Waals surface area contributed by atoms with Gasteiger partial charge in [0, 0.05) is 25.0 Å². The highest BCUT2D eigenvalue weighted by Crippen LogP contribution is 2.66. The van der Waals surface area contributed by atoms with Crippen LogP contribution in [0.2, 0.25) is 0 Å². The van der Waals surface area contributed by atoms with Gasteiger partial charge in [-0.15, -0.1) is 0 Å². The number of halogens is 3. The van der Waals surface area contributed by atoms with Crippen molar-refractivity contribution in [3.05, 3.63) is 35.9 Å². The molecule has 5 rings (SSSR count). The van der Waals surface area contributed by atoms with Gasteiger partial charge in [-0.05, 0) is 61.2 Å². The lowest BCUT2D eigenvalue weighted by Crippen LogP contribution is -2.61. The molecule has 4 fully saturated rings. The van der Waals surface area contributed by atoms with Gasteiger partial charge in [0.25, 0.3) is 5.60 Å². The van der Waals surface area contributed by atoms with Crippen LogP contribution in [0.1, 0.15) is 91.5 Å². The fraction of sp³-hybridized carbons (Fsp3) is 0.771. The molecule has 2 aliphatic heterocycles. The van der Waals surface area contributed by atoms with Crippen LogP contribution in [0.15, 0.2) is 30.3 Å². The third-order valence-corrected chi connectivity index (χ3v) is 11.8. The van der Waals surface area contributed by atoms with Crippen molar-refractivity contribution in [1.29, 1.82) is 0 Å². The second kappa shape index (κ2) is 12.1. The number of cyclic esters (lactones) is 1. The molecule has 2 heterocycles. The summed E-state index contributed by atoms with van der Waals surface area (Å²) in [6.07, 6.45) is -1.65. The number of hydrogen-bond acceptors (Lipinski definition) is 7. The highest BCUT2D eigenvalue weighted by atomic mass is 19.4. The first kappa shape index (κ1) is 34.2. The average Bonchev–Trinajstić information content (AvgIpc) is 3.46. The molecule has 252 valence electrons. The average molecular weight is 639 g/mol. The molecule has 7 nitrogen and oxygen atoms in total. The van der Waals surface area contributed by atoms with Crippen LogP contribution < -0.4 is 0 Å². The molecule has 0 bridgehead atoms. The Bertz CT molecular complexity index is 1240. The van der Waals surface area contributed by atoms with Gasteiger partial charge >= 0.3 is 18.1 Å². The lowest BCUT2D eigenvalue weighted by molar-refractivity contribution is -0.280. The summed E-state index contributed by atoms with van der Waals surface area (Å²) in [6.45, 7) is 11.0. The Morgan fingerprint density at radius 2 is 1.84 bits per heavy atom. The molecule has 10 heteroatoms. The zero-order valence-electron chi connectivity index (χ0n) is 27.3. The van der Waals surface area contributed by atoms with Gasteiger partial charge in [-0.25, -0.2) is 4.79 Å². The third kappa shape index (κ3) is 5.93. The van der Waals surface area contributed by atoms with Crippen LogP contribution in [0.3, 0.4) is 0 Å². The Kier molecular flexibility index (Phi) is 9.21. The molecule has 1 N–H and O–H groups in total. The van der Waals surface area contributed by atoms with Crippen LogP contribution in [-0.2, 0) is 34.1 Å². The van der Waals surface area contributed by atoms with Gasteiger partial charge in [-0.2, -0.15) is 13.2 Å². The van der Waals surface area contributed by atoms with Gasteiger partial charge in [0.2, 0.25) is 0 Å². The van der Waals surface area contributed by atoms with Crippen molar-refractivity contribution >= 4 is 11.9 Å². The highest BCUT2D eigenvalue weighted by molar-refractivity contribution is 5.83. The fourth-order valence-electron chi connectivity index (χ4n) is 9.84. The molecular weight excluding hydrogens is 589 g/mol. The lowest BCUT2D eigenvalue weighted by atomic mass is 9.45. The topological polar surface area (TPSA) is 91.3 Å². The molecule has 2 unspecified atom stereocenters. The van der Waals surface area contributed by atoms with Gasteiger partial charge in [-0.3, -0.25) is 4.79 Å². The first-order valence-electron chi connectivity index (χ1n) is 16.4. The Hall–Kier alpha value is -2.17. The van der Waals surface area contributed by atoms with Crippen molar-refractivity contribution in [3.63, 3.8) is 0 Å². The van der Waals surface area contributed by atoms with E-state index < -0.39 is 47.1 Å². The van der Waals surface area contributed by atoms with Crippen LogP contribution >= 0.6 is 0 Å². The van der Waals surface area contributed by atoms with E-state index in [4.69, 9.17) is 18.9 Å². The number of esters is 2. The largest absolute Gasteiger partial charge is 0.458 e. The van der Waals surface area contributed by atoms with Crippen molar-refractivity contribution < 1.29 is 46.8 Å². The maximum Gasteiger partial charge on any atom is 0.432 e. The van der Waals surface area contributed by atoms with E-state index >= 15 is 0 Å². The van der Waals surface area contributed by atoms with Gasteiger partial charge in [0.05, 0.1) is 24.7 Å². The summed E-state index contributed by atoms with van der Waals surface area (Å²) in [7, 11) is 0.838. The second-order valence-corrected chi connectivity index (χ2v) is 15.2. The number of carbonyl (C=O) groups is 2. The van der Waals surface area contributed by atoms with E-state index in [9.17, 15) is 27.9 Å². The monoisotopic (exact) mass is 638 g/mol. The molecule has 0 radical (unpaired) electrons. The van der Waals surface area contributed by atoms with Crippen molar-refractivity contribution in [2.24, 2.45) is 34.5 Å². The van der Waals surface area contributed by atoms with E-state index in [2.05, 4.69) is 13.8 Å². The maximum atomic E-state index is 14.7. The Balaban J connectivity index is 1.37. The molecule has 2 aliphatic carbocycles. The van der Waals surface area contributed by atoms with Gasteiger partial charge in [0.1, 0.15) is 12.2 Å². The van der Waals surface area contributed by atoms with Gasteiger partial charge < -0.3 is 24.1 Å². The summed E-state index contributed by atoms with van der Waals surface area (Å²) in [6, 6.07) is 6.71. The summed E-state index contributed by atoms with van der Waals surface area (Å²) < 4.78 is 66.5. The summed E-state index contributed by atoms with van der Waals surface area (Å²) in [5.41, 5.74) is -4.69. The predicted molar refractivity (Wildman–Crippen MR) is 160 cm³/mol. The normalized spacial score (nSPS) is 39.0. The Morgan fingerprint density at radius 3 is 2.44 bits per heavy atom. The minimum absolute atomic E-state index is 0.00343. The summed E-state index contributed by atoms with van der Waals surface area (Å²) in [4.78, 5) is 25.8. The zero-order chi connectivity index (χ0) is 33.0. The van der Waals surface area contributed by atoms with Crippen molar-refractivity contribution in [2.45, 2.75) is 122 Å². The summed E-state index contributed by atoms with van der Waals surface area (Å²) in [5.74, 6) is -2.16. The Labute approximate surface area is 264 Å². The molecule has 4 aliphatic rings. The molecule has 11 atom stereocenters. The van der Waals surface area contributed by atoms with E-state index in [0.29, 0.717) is 31.8 Å². The minimum Gasteiger partial charge on any atom is -0.458 e. The second-order valence-electron chi connectivity index (χ2n) is 15.2. The lowest BCUT2D eigenvalue weighted by Gasteiger charge is -2.60. The first-order valence-corrected chi connectivity index (χ1v) is 16.4. The van der Waals surface area contributed by atoms with Gasteiger partial charge in [0.15, 0.2) is 0 Å². The predicted octanol–water partition coefficient (Wildman–Crippen LogP) is 6.74. The maximum absolute atomic E-state index is 14.7. The van der Waals surface area contributed by atoms with Crippen LogP contribution in [0.5, 0.6) is 0 Å². The molecule has 0 amide bonds. The smallest absolute Gasteiger partial charge is 0.432 e. The van der Waals surface area contributed by atoms with E-state index in [0.717, 1.165) is 26.4 Å². The number of hydrogen-bond donors (Lipinski definition) is 1. The van der Waals surface area contributed by atoms with Crippen LogP contribution in [0, 0.1) is 34.5 Å². The Morgan fingerprint density at radius 1 is 1.16 bits per heavy atom. The number of rotatable bonds is 10. The van der Waals surface area contributed by atoms with E-state index in [1.54, 1.807) is 13.0 Å². The van der Waals surface area contributed by atoms with E-state index in [1.807, 2.05) is 13.8 Å². The molecule has 0 spiro atoms. The molecule has 1 aromatic rings.